The molecule has 38 heavy (non-hydrogen) atoms. The molecule has 2 aromatic carbocycles. The van der Waals surface area contributed by atoms with E-state index in [2.05, 4.69) is 9.84 Å². The molecule has 3 heterocycles. The summed E-state index contributed by atoms with van der Waals surface area (Å²) in [7, 11) is 1.09. The molecule has 198 valence electrons. The molecule has 0 radical (unpaired) electrons. The maximum Gasteiger partial charge on any atom is 0.510 e. The molecule has 3 atom stereocenters. The van der Waals surface area contributed by atoms with Crippen molar-refractivity contribution in [2.75, 3.05) is 20.4 Å². The normalized spacial score (nSPS) is 18.9. The van der Waals surface area contributed by atoms with Crippen LogP contribution in [0.3, 0.4) is 0 Å². The third kappa shape index (κ3) is 4.35. The Hall–Kier alpha value is -4.35. The molecule has 1 fully saturated rings. The van der Waals surface area contributed by atoms with Gasteiger partial charge in [-0.25, -0.2) is 18.0 Å². The van der Waals surface area contributed by atoms with Crippen LogP contribution in [0.5, 0.6) is 5.75 Å². The number of nitrogens with zero attached hydrogens (tertiary/aromatic N) is 3. The zero-order chi connectivity index (χ0) is 27.0. The van der Waals surface area contributed by atoms with Crippen LogP contribution in [-0.2, 0) is 9.47 Å². The van der Waals surface area contributed by atoms with E-state index >= 15 is 4.39 Å². The minimum atomic E-state index is -1.09. The van der Waals surface area contributed by atoms with Gasteiger partial charge >= 0.3 is 6.16 Å². The molecule has 2 aliphatic heterocycles. The Bertz CT molecular complexity index is 1450. The van der Waals surface area contributed by atoms with Gasteiger partial charge in [0.25, 0.3) is 5.91 Å². The van der Waals surface area contributed by atoms with E-state index in [0.29, 0.717) is 24.9 Å². The number of rotatable bonds is 6. The largest absolute Gasteiger partial charge is 0.510 e. The van der Waals surface area contributed by atoms with E-state index in [1.54, 1.807) is 4.90 Å². The van der Waals surface area contributed by atoms with Crippen LogP contribution in [0.25, 0.3) is 0 Å². The van der Waals surface area contributed by atoms with Gasteiger partial charge < -0.3 is 19.1 Å². The summed E-state index contributed by atoms with van der Waals surface area (Å²) in [5.41, 5.74) is -0.543. The molecule has 2 aliphatic rings. The fourth-order valence-electron chi connectivity index (χ4n) is 5.26. The fourth-order valence-corrected chi connectivity index (χ4v) is 5.26. The van der Waals surface area contributed by atoms with Gasteiger partial charge in [-0.05, 0) is 36.6 Å². The molecule has 1 aromatic heterocycles. The van der Waals surface area contributed by atoms with Crippen molar-refractivity contribution in [3.8, 4) is 5.75 Å². The van der Waals surface area contributed by atoms with Gasteiger partial charge in [0.15, 0.2) is 17.3 Å². The average Bonchev–Trinajstić information content (AvgIpc) is 3.40. The van der Waals surface area contributed by atoms with Crippen LogP contribution in [0.1, 0.15) is 46.4 Å². The first-order valence-electron chi connectivity index (χ1n) is 11.8. The minimum absolute atomic E-state index is 0.0225. The number of ether oxygens (including phenoxy) is 3. The summed E-state index contributed by atoms with van der Waals surface area (Å²) < 4.78 is 59.3. The molecule has 9 nitrogen and oxygen atoms in total. The van der Waals surface area contributed by atoms with Crippen molar-refractivity contribution in [2.24, 2.45) is 0 Å². The van der Waals surface area contributed by atoms with Gasteiger partial charge in [0.1, 0.15) is 5.82 Å². The van der Waals surface area contributed by atoms with Gasteiger partial charge in [0.2, 0.25) is 18.0 Å². The first kappa shape index (κ1) is 25.3. The van der Waals surface area contributed by atoms with E-state index in [1.807, 2.05) is 0 Å². The monoisotopic (exact) mass is 529 g/mol. The summed E-state index contributed by atoms with van der Waals surface area (Å²) in [5, 5.41) is 4.23. The maximum absolute atomic E-state index is 15.3. The SMILES string of the molecule is COC(=O)OCOc1c2n(ncc1=O)[C@@H](C(c1ccc(F)cc1)c1cccc(F)c1F)[C@H]1CCCN1C2=O. The summed E-state index contributed by atoms with van der Waals surface area (Å²) in [6.45, 7) is -0.372. The van der Waals surface area contributed by atoms with Gasteiger partial charge in [-0.15, -0.1) is 0 Å². The Morgan fingerprint density at radius 2 is 1.89 bits per heavy atom. The number of hydrogen-bond donors (Lipinski definition) is 0. The molecule has 1 saturated heterocycles. The van der Waals surface area contributed by atoms with Gasteiger partial charge in [-0.1, -0.05) is 24.3 Å². The second-order valence-corrected chi connectivity index (χ2v) is 8.86. The fraction of sp³-hybridized carbons (Fsp3) is 0.308. The Balaban J connectivity index is 1.71. The maximum atomic E-state index is 15.3. The average molecular weight is 529 g/mol. The van der Waals surface area contributed by atoms with E-state index in [9.17, 15) is 23.2 Å². The van der Waals surface area contributed by atoms with E-state index in [1.165, 1.54) is 41.1 Å². The predicted octanol–water partition coefficient (Wildman–Crippen LogP) is 3.77. The molecule has 3 aromatic rings. The van der Waals surface area contributed by atoms with Crippen molar-refractivity contribution < 1.29 is 37.0 Å². The molecule has 0 bridgehead atoms. The van der Waals surface area contributed by atoms with Crippen molar-refractivity contribution in [1.82, 2.24) is 14.7 Å². The number of amides is 1. The van der Waals surface area contributed by atoms with Crippen molar-refractivity contribution in [2.45, 2.75) is 30.8 Å². The van der Waals surface area contributed by atoms with Crippen LogP contribution < -0.4 is 10.2 Å². The highest BCUT2D eigenvalue weighted by atomic mass is 19.2. The Kier molecular flexibility index (Phi) is 6.79. The van der Waals surface area contributed by atoms with Gasteiger partial charge in [-0.2, -0.15) is 5.10 Å². The standard InChI is InChI=1S/C26H22F3N3O6/c1-36-26(35)38-13-37-24-19(33)12-30-32-22(18-6-3-11-31(18)25(34)23(24)32)20(14-7-9-15(27)10-8-14)16-4-2-5-17(28)21(16)29/h2,4-5,7-10,12,18,20,22H,3,6,11,13H2,1H3/t18-,20?,22-/m1/s1. The van der Waals surface area contributed by atoms with Crippen LogP contribution in [0.2, 0.25) is 0 Å². The lowest BCUT2D eigenvalue weighted by Crippen LogP contribution is -2.51. The number of carbonyl (C=O) groups is 2. The van der Waals surface area contributed by atoms with Crippen LogP contribution in [0, 0.1) is 17.5 Å². The Morgan fingerprint density at radius 1 is 1.13 bits per heavy atom. The van der Waals surface area contributed by atoms with E-state index in [0.717, 1.165) is 19.4 Å². The highest BCUT2D eigenvalue weighted by molar-refractivity contribution is 5.96. The van der Waals surface area contributed by atoms with E-state index in [4.69, 9.17) is 9.47 Å². The van der Waals surface area contributed by atoms with Gasteiger partial charge in [0.05, 0.1) is 25.4 Å². The quantitative estimate of drug-likeness (QED) is 0.354. The first-order valence-corrected chi connectivity index (χ1v) is 11.8. The molecular weight excluding hydrogens is 507 g/mol. The summed E-state index contributed by atoms with van der Waals surface area (Å²) in [4.78, 5) is 39.2. The molecular formula is C26H22F3N3O6. The van der Waals surface area contributed by atoms with Gasteiger partial charge in [-0.3, -0.25) is 14.3 Å². The highest BCUT2D eigenvalue weighted by Crippen LogP contribution is 2.46. The van der Waals surface area contributed by atoms with Crippen molar-refractivity contribution in [1.29, 1.82) is 0 Å². The minimum Gasteiger partial charge on any atom is -0.451 e. The smallest absolute Gasteiger partial charge is 0.451 e. The van der Waals surface area contributed by atoms with E-state index < -0.39 is 65.5 Å². The predicted molar refractivity (Wildman–Crippen MR) is 125 cm³/mol. The number of aromatic nitrogens is 2. The third-order valence-corrected chi connectivity index (χ3v) is 6.84. The topological polar surface area (TPSA) is 100.0 Å². The van der Waals surface area contributed by atoms with Gasteiger partial charge in [0, 0.05) is 18.0 Å². The first-order chi connectivity index (χ1) is 18.3. The zero-order valence-corrected chi connectivity index (χ0v) is 20.1. The summed E-state index contributed by atoms with van der Waals surface area (Å²) in [6.07, 6.45) is 1.02. The Morgan fingerprint density at radius 3 is 2.63 bits per heavy atom. The van der Waals surface area contributed by atoms with Crippen LogP contribution in [0.4, 0.5) is 18.0 Å². The number of methoxy groups -OCH3 is 1. The molecule has 1 amide bonds. The summed E-state index contributed by atoms with van der Waals surface area (Å²) in [6, 6.07) is 7.79. The lowest BCUT2D eigenvalue weighted by molar-refractivity contribution is 0.0126. The lowest BCUT2D eigenvalue weighted by Gasteiger charge is -2.42. The number of halogens is 3. The molecule has 0 spiro atoms. The molecule has 0 N–H and O–H groups in total. The van der Waals surface area contributed by atoms with Crippen molar-refractivity contribution in [3.05, 3.63) is 93.2 Å². The van der Waals surface area contributed by atoms with Crippen LogP contribution in [-0.4, -0.2) is 53.2 Å². The second-order valence-electron chi connectivity index (χ2n) is 8.86. The molecule has 5 rings (SSSR count). The molecule has 0 saturated carbocycles. The second kappa shape index (κ2) is 10.2. The summed E-state index contributed by atoms with van der Waals surface area (Å²) >= 11 is 0. The number of fused-ring (bicyclic) bond motifs is 2. The summed E-state index contributed by atoms with van der Waals surface area (Å²) in [5.74, 6) is -4.56. The van der Waals surface area contributed by atoms with Crippen LogP contribution >= 0.6 is 0 Å². The third-order valence-electron chi connectivity index (χ3n) is 6.84. The zero-order valence-electron chi connectivity index (χ0n) is 20.1. The number of hydrogen-bond acceptors (Lipinski definition) is 7. The number of benzene rings is 2. The molecule has 1 unspecified atom stereocenters. The van der Waals surface area contributed by atoms with Crippen molar-refractivity contribution in [3.63, 3.8) is 0 Å². The number of carbonyl (C=O) groups excluding carboxylic acids is 2. The highest BCUT2D eigenvalue weighted by Gasteiger charge is 2.49. The van der Waals surface area contributed by atoms with Crippen LogP contribution in [0.15, 0.2) is 53.5 Å². The molecule has 12 heteroatoms. The van der Waals surface area contributed by atoms with Crippen molar-refractivity contribution >= 4 is 12.1 Å². The lowest BCUT2D eigenvalue weighted by atomic mass is 9.79. The van der Waals surface area contributed by atoms with E-state index in [-0.39, 0.29) is 11.3 Å². The Labute approximate surface area is 214 Å². The molecule has 0 aliphatic carbocycles.